The van der Waals surface area contributed by atoms with E-state index in [0.29, 0.717) is 13.0 Å². The van der Waals surface area contributed by atoms with E-state index >= 15 is 0 Å². The summed E-state index contributed by atoms with van der Waals surface area (Å²) in [5, 5.41) is 0.969. The predicted octanol–water partition coefficient (Wildman–Crippen LogP) is 3.90. The third-order valence-corrected chi connectivity index (χ3v) is 4.94. The molecule has 1 amide bonds. The van der Waals surface area contributed by atoms with Crippen LogP contribution >= 0.6 is 11.3 Å². The van der Waals surface area contributed by atoms with E-state index in [9.17, 15) is 4.79 Å². The molecule has 0 fully saturated rings. The summed E-state index contributed by atoms with van der Waals surface area (Å²) in [5.41, 5.74) is 2.13. The van der Waals surface area contributed by atoms with Crippen molar-refractivity contribution in [3.8, 4) is 5.75 Å². The predicted molar refractivity (Wildman–Crippen MR) is 97.4 cm³/mol. The quantitative estimate of drug-likeness (QED) is 0.683. The van der Waals surface area contributed by atoms with Gasteiger partial charge in [0.05, 0.1) is 23.9 Å². The molecule has 1 aromatic heterocycles. The summed E-state index contributed by atoms with van der Waals surface area (Å²) in [5.74, 6) is 0.961. The minimum atomic E-state index is 0.130. The second kappa shape index (κ2) is 7.45. The van der Waals surface area contributed by atoms with Gasteiger partial charge in [0.25, 0.3) is 0 Å². The topological polar surface area (TPSA) is 42.4 Å². The van der Waals surface area contributed by atoms with E-state index in [2.05, 4.69) is 11.1 Å². The van der Waals surface area contributed by atoms with Crippen LogP contribution in [0.5, 0.6) is 5.75 Å². The number of carbonyl (C=O) groups is 1. The number of nitrogens with zero attached hydrogens (tertiary/aromatic N) is 2. The number of hydrogen-bond donors (Lipinski definition) is 0. The summed E-state index contributed by atoms with van der Waals surface area (Å²) in [6.07, 6.45) is 1.22. The number of methoxy groups -OCH3 is 1. The van der Waals surface area contributed by atoms with E-state index in [1.807, 2.05) is 49.5 Å². The molecule has 5 heteroatoms. The highest BCUT2D eigenvalue weighted by Crippen LogP contribution is 2.22. The molecule has 0 bridgehead atoms. The summed E-state index contributed by atoms with van der Waals surface area (Å²) in [6.45, 7) is 0.556. The van der Waals surface area contributed by atoms with Crippen molar-refractivity contribution in [3.63, 3.8) is 0 Å². The summed E-state index contributed by atoms with van der Waals surface area (Å²) in [4.78, 5) is 18.7. The summed E-state index contributed by atoms with van der Waals surface area (Å²) in [6, 6.07) is 15.9. The highest BCUT2D eigenvalue weighted by atomic mass is 32.1. The number of thiazole rings is 1. The number of para-hydroxylation sites is 1. The van der Waals surface area contributed by atoms with E-state index < -0.39 is 0 Å². The zero-order valence-electron chi connectivity index (χ0n) is 13.9. The average Bonchev–Trinajstić information content (AvgIpc) is 3.02. The first-order valence-corrected chi connectivity index (χ1v) is 8.68. The number of benzene rings is 2. The van der Waals surface area contributed by atoms with Gasteiger partial charge in [-0.1, -0.05) is 24.3 Å². The third kappa shape index (κ3) is 3.92. The molecule has 0 N–H and O–H groups in total. The molecular weight excluding hydrogens is 320 g/mol. The smallest absolute Gasteiger partial charge is 0.223 e. The molecule has 0 spiro atoms. The van der Waals surface area contributed by atoms with Gasteiger partial charge in [0.2, 0.25) is 5.91 Å². The number of fused-ring (bicyclic) bond motifs is 1. The lowest BCUT2D eigenvalue weighted by molar-refractivity contribution is -0.130. The van der Waals surface area contributed by atoms with Crippen molar-refractivity contribution >= 4 is 27.5 Å². The first kappa shape index (κ1) is 16.5. The van der Waals surface area contributed by atoms with Crippen molar-refractivity contribution in [1.29, 1.82) is 0 Å². The Bertz CT molecular complexity index is 794. The molecule has 0 atom stereocenters. The van der Waals surface area contributed by atoms with Crippen molar-refractivity contribution in [2.24, 2.45) is 0 Å². The first-order valence-electron chi connectivity index (χ1n) is 7.87. The Labute approximate surface area is 145 Å². The maximum Gasteiger partial charge on any atom is 0.223 e. The fourth-order valence-electron chi connectivity index (χ4n) is 2.51. The Kier molecular flexibility index (Phi) is 5.11. The van der Waals surface area contributed by atoms with Crippen molar-refractivity contribution in [3.05, 3.63) is 59.1 Å². The second-order valence-corrected chi connectivity index (χ2v) is 6.79. The van der Waals surface area contributed by atoms with E-state index in [1.165, 1.54) is 0 Å². The number of amides is 1. The zero-order chi connectivity index (χ0) is 16.9. The number of rotatable bonds is 6. The van der Waals surface area contributed by atoms with Crippen molar-refractivity contribution in [2.75, 3.05) is 14.2 Å². The first-order chi connectivity index (χ1) is 11.7. The molecule has 0 saturated heterocycles. The van der Waals surface area contributed by atoms with Crippen molar-refractivity contribution < 1.29 is 9.53 Å². The molecule has 24 heavy (non-hydrogen) atoms. The van der Waals surface area contributed by atoms with Crippen LogP contribution in [0.2, 0.25) is 0 Å². The summed E-state index contributed by atoms with van der Waals surface area (Å²) < 4.78 is 6.30. The van der Waals surface area contributed by atoms with Crippen LogP contribution in [0.1, 0.15) is 17.0 Å². The normalized spacial score (nSPS) is 10.8. The minimum Gasteiger partial charge on any atom is -0.497 e. The molecule has 0 saturated carbocycles. The Morgan fingerprint density at radius 1 is 1.17 bits per heavy atom. The largest absolute Gasteiger partial charge is 0.497 e. The lowest BCUT2D eigenvalue weighted by Crippen LogP contribution is -2.26. The van der Waals surface area contributed by atoms with Gasteiger partial charge in [-0.3, -0.25) is 4.79 Å². The Morgan fingerprint density at radius 2 is 1.92 bits per heavy atom. The van der Waals surface area contributed by atoms with Crippen LogP contribution in [0, 0.1) is 0 Å². The van der Waals surface area contributed by atoms with Gasteiger partial charge in [-0.05, 0) is 36.2 Å². The van der Waals surface area contributed by atoms with Gasteiger partial charge in [-0.15, -0.1) is 11.3 Å². The van der Waals surface area contributed by atoms with Gasteiger partial charge in [-0.2, -0.15) is 0 Å². The second-order valence-electron chi connectivity index (χ2n) is 5.67. The fraction of sp³-hybridized carbons (Fsp3) is 0.263. The van der Waals surface area contributed by atoms with Gasteiger partial charge in [0.15, 0.2) is 0 Å². The minimum absolute atomic E-state index is 0.130. The van der Waals surface area contributed by atoms with Crippen molar-refractivity contribution in [1.82, 2.24) is 9.88 Å². The molecule has 0 aliphatic carbocycles. The Hall–Kier alpha value is -2.40. The SMILES string of the molecule is COc1ccc(CCC(=O)N(C)Cc2nc3ccccc3s2)cc1. The molecule has 2 aromatic carbocycles. The zero-order valence-corrected chi connectivity index (χ0v) is 14.7. The van der Waals surface area contributed by atoms with Crippen molar-refractivity contribution in [2.45, 2.75) is 19.4 Å². The van der Waals surface area contributed by atoms with Crippen LogP contribution < -0.4 is 4.74 Å². The van der Waals surface area contributed by atoms with E-state index in [1.54, 1.807) is 23.3 Å². The molecule has 3 rings (SSSR count). The lowest BCUT2D eigenvalue weighted by Gasteiger charge is -2.15. The van der Waals surface area contributed by atoms with E-state index in [0.717, 1.165) is 33.0 Å². The van der Waals surface area contributed by atoms with Gasteiger partial charge in [-0.25, -0.2) is 4.98 Å². The standard InChI is InChI=1S/C19H20N2O2S/c1-21(13-18-20-16-5-3-4-6-17(16)24-18)19(22)12-9-14-7-10-15(23-2)11-8-14/h3-8,10-11H,9,12-13H2,1-2H3. The fourth-order valence-corrected chi connectivity index (χ4v) is 3.53. The Morgan fingerprint density at radius 3 is 2.62 bits per heavy atom. The molecule has 3 aromatic rings. The molecule has 0 aliphatic heterocycles. The van der Waals surface area contributed by atoms with Gasteiger partial charge in [0, 0.05) is 13.5 Å². The highest BCUT2D eigenvalue weighted by Gasteiger charge is 2.12. The number of aryl methyl sites for hydroxylation is 1. The third-order valence-electron chi connectivity index (χ3n) is 3.92. The number of carbonyl (C=O) groups excluding carboxylic acids is 1. The molecule has 4 nitrogen and oxygen atoms in total. The molecule has 124 valence electrons. The average molecular weight is 340 g/mol. The molecular formula is C19H20N2O2S. The summed E-state index contributed by atoms with van der Waals surface area (Å²) >= 11 is 1.64. The van der Waals surface area contributed by atoms with Gasteiger partial charge >= 0.3 is 0 Å². The van der Waals surface area contributed by atoms with E-state index in [4.69, 9.17) is 4.74 Å². The van der Waals surface area contributed by atoms with Crippen LogP contribution in [-0.2, 0) is 17.8 Å². The molecule has 0 unspecified atom stereocenters. The lowest BCUT2D eigenvalue weighted by atomic mass is 10.1. The van der Waals surface area contributed by atoms with Crippen LogP contribution in [-0.4, -0.2) is 29.9 Å². The number of aromatic nitrogens is 1. The molecule has 0 aliphatic rings. The van der Waals surface area contributed by atoms with Crippen LogP contribution in [0.3, 0.4) is 0 Å². The van der Waals surface area contributed by atoms with Gasteiger partial charge < -0.3 is 9.64 Å². The van der Waals surface area contributed by atoms with E-state index in [-0.39, 0.29) is 5.91 Å². The van der Waals surface area contributed by atoms with Crippen LogP contribution in [0.25, 0.3) is 10.2 Å². The highest BCUT2D eigenvalue weighted by molar-refractivity contribution is 7.18. The number of hydrogen-bond acceptors (Lipinski definition) is 4. The Balaban J connectivity index is 1.55. The molecule has 1 heterocycles. The summed E-state index contributed by atoms with van der Waals surface area (Å²) in [7, 11) is 3.48. The number of ether oxygens (including phenoxy) is 1. The molecule has 0 radical (unpaired) electrons. The maximum atomic E-state index is 12.3. The van der Waals surface area contributed by atoms with Gasteiger partial charge in [0.1, 0.15) is 10.8 Å². The van der Waals surface area contributed by atoms with Crippen LogP contribution in [0.4, 0.5) is 0 Å². The monoisotopic (exact) mass is 340 g/mol. The van der Waals surface area contributed by atoms with Crippen LogP contribution in [0.15, 0.2) is 48.5 Å². The maximum absolute atomic E-state index is 12.3.